The van der Waals surface area contributed by atoms with Crippen molar-refractivity contribution in [2.45, 2.75) is 38.1 Å². The largest absolute Gasteiger partial charge is 0.353 e. The van der Waals surface area contributed by atoms with Gasteiger partial charge >= 0.3 is 0 Å². The Hall–Kier alpha value is -2.08. The van der Waals surface area contributed by atoms with Crippen molar-refractivity contribution in [2.75, 3.05) is 52.9 Å². The van der Waals surface area contributed by atoms with E-state index in [0.717, 1.165) is 64.5 Å². The number of nitrogens with one attached hydrogen (secondary N) is 1. The van der Waals surface area contributed by atoms with Crippen LogP contribution in [0, 0.1) is 5.92 Å². The molecular formula is C23H35N5O. The van der Waals surface area contributed by atoms with Crippen molar-refractivity contribution >= 4 is 11.9 Å². The van der Waals surface area contributed by atoms with E-state index in [0.29, 0.717) is 24.4 Å². The Morgan fingerprint density at radius 1 is 1.00 bits per heavy atom. The zero-order valence-electron chi connectivity index (χ0n) is 17.7. The molecule has 0 spiro atoms. The number of carbonyl (C=O) groups excluding carboxylic acids is 1. The third-order valence-corrected chi connectivity index (χ3v) is 6.53. The van der Waals surface area contributed by atoms with Gasteiger partial charge in [-0.2, -0.15) is 0 Å². The molecule has 2 saturated heterocycles. The van der Waals surface area contributed by atoms with Crippen molar-refractivity contribution in [3.8, 4) is 0 Å². The average Bonchev–Trinajstić information content (AvgIpc) is 3.51. The lowest BCUT2D eigenvalue weighted by molar-refractivity contribution is -0.133. The van der Waals surface area contributed by atoms with Crippen LogP contribution < -0.4 is 5.32 Å². The van der Waals surface area contributed by atoms with Gasteiger partial charge in [0.1, 0.15) is 0 Å². The molecule has 2 aliphatic heterocycles. The summed E-state index contributed by atoms with van der Waals surface area (Å²) in [4.78, 5) is 23.7. The summed E-state index contributed by atoms with van der Waals surface area (Å²) in [5.41, 5.74) is 1.42. The van der Waals surface area contributed by atoms with Crippen LogP contribution in [0.3, 0.4) is 0 Å². The summed E-state index contributed by atoms with van der Waals surface area (Å²) in [5.74, 6) is 2.03. The van der Waals surface area contributed by atoms with E-state index in [2.05, 4.69) is 55.3 Å². The van der Waals surface area contributed by atoms with Crippen LogP contribution in [0.25, 0.3) is 0 Å². The van der Waals surface area contributed by atoms with Gasteiger partial charge in [0, 0.05) is 52.4 Å². The summed E-state index contributed by atoms with van der Waals surface area (Å²) >= 11 is 0. The van der Waals surface area contributed by atoms with Crippen LogP contribution in [0.15, 0.2) is 35.3 Å². The van der Waals surface area contributed by atoms with Crippen LogP contribution in [0.2, 0.25) is 0 Å². The van der Waals surface area contributed by atoms with E-state index in [1.165, 1.54) is 18.4 Å². The zero-order chi connectivity index (χ0) is 20.1. The Morgan fingerprint density at radius 3 is 2.41 bits per heavy atom. The van der Waals surface area contributed by atoms with Crippen molar-refractivity contribution in [2.24, 2.45) is 10.9 Å². The van der Waals surface area contributed by atoms with E-state index in [1.807, 2.05) is 7.05 Å². The molecular weight excluding hydrogens is 362 g/mol. The topological polar surface area (TPSA) is 51.2 Å². The minimum Gasteiger partial charge on any atom is -0.353 e. The second kappa shape index (κ2) is 9.61. The second-order valence-electron chi connectivity index (χ2n) is 8.69. The van der Waals surface area contributed by atoms with Crippen molar-refractivity contribution in [1.82, 2.24) is 20.0 Å². The molecule has 2 unspecified atom stereocenters. The highest BCUT2D eigenvalue weighted by molar-refractivity contribution is 5.81. The van der Waals surface area contributed by atoms with Gasteiger partial charge in [0.05, 0.1) is 6.54 Å². The molecule has 0 aromatic heterocycles. The molecule has 1 aromatic carbocycles. The fraction of sp³-hybridized carbons (Fsp3) is 0.652. The fourth-order valence-corrected chi connectivity index (χ4v) is 4.58. The fourth-order valence-electron chi connectivity index (χ4n) is 4.58. The number of piperazine rings is 1. The Labute approximate surface area is 175 Å². The Bertz CT molecular complexity index is 692. The minimum atomic E-state index is 0.308. The first-order chi connectivity index (χ1) is 14.2. The summed E-state index contributed by atoms with van der Waals surface area (Å²) < 4.78 is 0. The van der Waals surface area contributed by atoms with Crippen LogP contribution in [0.4, 0.5) is 0 Å². The standard InChI is InChI=1S/C23H35N5O/c1-24-23(25-21-17-20(21)16-19-8-4-2-5-9-19)28-14-12-26(13-15-28)18-22(29)27-10-6-3-7-11-27/h2,4-5,8-9,20-21H,3,6-7,10-18H2,1H3,(H,24,25). The highest BCUT2D eigenvalue weighted by Crippen LogP contribution is 2.33. The molecule has 2 heterocycles. The van der Waals surface area contributed by atoms with E-state index < -0.39 is 0 Å². The van der Waals surface area contributed by atoms with Crippen molar-refractivity contribution in [1.29, 1.82) is 0 Å². The normalized spacial score (nSPS) is 25.8. The number of nitrogens with zero attached hydrogens (tertiary/aromatic N) is 4. The van der Waals surface area contributed by atoms with Gasteiger partial charge in [-0.1, -0.05) is 30.3 Å². The van der Waals surface area contributed by atoms with Crippen molar-refractivity contribution < 1.29 is 4.79 Å². The Balaban J connectivity index is 1.19. The van der Waals surface area contributed by atoms with Crippen molar-refractivity contribution in [3.63, 3.8) is 0 Å². The molecule has 2 atom stereocenters. The van der Waals surface area contributed by atoms with Crippen LogP contribution in [-0.4, -0.2) is 85.5 Å². The summed E-state index contributed by atoms with van der Waals surface area (Å²) in [6.07, 6.45) is 5.95. The second-order valence-corrected chi connectivity index (χ2v) is 8.69. The number of piperidine rings is 1. The molecule has 3 aliphatic rings. The molecule has 158 valence electrons. The van der Waals surface area contributed by atoms with Crippen LogP contribution in [0.5, 0.6) is 0 Å². The zero-order valence-corrected chi connectivity index (χ0v) is 17.7. The molecule has 1 aromatic rings. The average molecular weight is 398 g/mol. The summed E-state index contributed by atoms with van der Waals surface area (Å²) in [6, 6.07) is 11.3. The van der Waals surface area contributed by atoms with E-state index in [9.17, 15) is 4.79 Å². The highest BCUT2D eigenvalue weighted by Gasteiger charge is 2.38. The number of guanidine groups is 1. The predicted molar refractivity (Wildman–Crippen MR) is 117 cm³/mol. The summed E-state index contributed by atoms with van der Waals surface area (Å²) in [5, 5.41) is 3.67. The molecule has 29 heavy (non-hydrogen) atoms. The quantitative estimate of drug-likeness (QED) is 0.608. The third kappa shape index (κ3) is 5.50. The number of benzene rings is 1. The molecule has 0 radical (unpaired) electrons. The molecule has 1 N–H and O–H groups in total. The lowest BCUT2D eigenvalue weighted by Gasteiger charge is -2.37. The predicted octanol–water partition coefficient (Wildman–Crippen LogP) is 1.82. The van der Waals surface area contributed by atoms with Gasteiger partial charge in [-0.05, 0) is 43.6 Å². The van der Waals surface area contributed by atoms with Gasteiger partial charge in [0.2, 0.25) is 5.91 Å². The molecule has 1 saturated carbocycles. The molecule has 0 bridgehead atoms. The molecule has 6 nitrogen and oxygen atoms in total. The lowest BCUT2D eigenvalue weighted by atomic mass is 10.1. The summed E-state index contributed by atoms with van der Waals surface area (Å²) in [7, 11) is 1.88. The van der Waals surface area contributed by atoms with Crippen LogP contribution in [0.1, 0.15) is 31.2 Å². The molecule has 1 aliphatic carbocycles. The van der Waals surface area contributed by atoms with E-state index in [4.69, 9.17) is 0 Å². The number of aliphatic imine (C=N–C) groups is 1. The number of hydrogen-bond acceptors (Lipinski definition) is 3. The SMILES string of the molecule is CN=C(NC1CC1Cc1ccccc1)N1CCN(CC(=O)N2CCCCC2)CC1. The van der Waals surface area contributed by atoms with Gasteiger partial charge in [0.15, 0.2) is 5.96 Å². The monoisotopic (exact) mass is 397 g/mol. The number of carbonyl (C=O) groups is 1. The smallest absolute Gasteiger partial charge is 0.236 e. The number of hydrogen-bond donors (Lipinski definition) is 1. The maximum absolute atomic E-state index is 12.5. The van der Waals surface area contributed by atoms with E-state index in [1.54, 1.807) is 0 Å². The number of likely N-dealkylation sites (tertiary alicyclic amines) is 1. The summed E-state index contributed by atoms with van der Waals surface area (Å²) in [6.45, 7) is 6.19. The van der Waals surface area contributed by atoms with Gasteiger partial charge < -0.3 is 15.1 Å². The molecule has 6 heteroatoms. The highest BCUT2D eigenvalue weighted by atomic mass is 16.2. The maximum Gasteiger partial charge on any atom is 0.236 e. The first-order valence-electron chi connectivity index (χ1n) is 11.3. The van der Waals surface area contributed by atoms with Gasteiger partial charge in [-0.3, -0.25) is 14.7 Å². The van der Waals surface area contributed by atoms with Gasteiger partial charge in [-0.15, -0.1) is 0 Å². The number of amides is 1. The lowest BCUT2D eigenvalue weighted by Crippen LogP contribution is -2.54. The van der Waals surface area contributed by atoms with E-state index >= 15 is 0 Å². The van der Waals surface area contributed by atoms with E-state index in [-0.39, 0.29) is 0 Å². The van der Waals surface area contributed by atoms with Crippen molar-refractivity contribution in [3.05, 3.63) is 35.9 Å². The van der Waals surface area contributed by atoms with Crippen LogP contribution >= 0.6 is 0 Å². The number of rotatable bonds is 5. The molecule has 1 amide bonds. The molecule has 4 rings (SSSR count). The maximum atomic E-state index is 12.5. The Morgan fingerprint density at radius 2 is 1.72 bits per heavy atom. The molecule has 3 fully saturated rings. The van der Waals surface area contributed by atoms with Gasteiger partial charge in [-0.25, -0.2) is 0 Å². The van der Waals surface area contributed by atoms with Crippen LogP contribution in [-0.2, 0) is 11.2 Å². The first-order valence-corrected chi connectivity index (χ1v) is 11.3. The third-order valence-electron chi connectivity index (χ3n) is 6.53. The van der Waals surface area contributed by atoms with Gasteiger partial charge in [0.25, 0.3) is 0 Å². The Kier molecular flexibility index (Phi) is 6.70. The first kappa shape index (κ1) is 20.2. The minimum absolute atomic E-state index is 0.308.